The van der Waals surface area contributed by atoms with Crippen LogP contribution in [0.25, 0.3) is 6.08 Å². The lowest BCUT2D eigenvalue weighted by Crippen LogP contribution is -2.29. The third-order valence-corrected chi connectivity index (χ3v) is 4.59. The summed E-state index contributed by atoms with van der Waals surface area (Å²) in [6.07, 6.45) is 10.8. The smallest absolute Gasteiger partial charge is 0.251 e. The topological polar surface area (TPSA) is 49.4 Å². The zero-order valence-corrected chi connectivity index (χ0v) is 16.0. The Balaban J connectivity index is 1.61. The molecule has 28 heavy (non-hydrogen) atoms. The van der Waals surface area contributed by atoms with Crippen molar-refractivity contribution in [3.05, 3.63) is 76.9 Å². The van der Waals surface area contributed by atoms with Gasteiger partial charge < -0.3 is 10.2 Å². The van der Waals surface area contributed by atoms with Gasteiger partial charge in [0.2, 0.25) is 5.91 Å². The SMILES string of the molecule is C#CCN(Cc1ccc(C)cc1)C(=O)/C=C/c1ccc(C(=O)NC2CC2)cc1. The van der Waals surface area contributed by atoms with Gasteiger partial charge in [-0.1, -0.05) is 47.9 Å². The van der Waals surface area contributed by atoms with Gasteiger partial charge in [-0.15, -0.1) is 6.42 Å². The maximum absolute atomic E-state index is 12.6. The molecule has 0 bridgehead atoms. The van der Waals surface area contributed by atoms with E-state index in [1.165, 1.54) is 11.6 Å². The number of hydrogen-bond acceptors (Lipinski definition) is 2. The molecule has 0 saturated heterocycles. The number of hydrogen-bond donors (Lipinski definition) is 1. The second-order valence-electron chi connectivity index (χ2n) is 7.09. The minimum Gasteiger partial charge on any atom is -0.349 e. The van der Waals surface area contributed by atoms with Crippen LogP contribution in [0, 0.1) is 19.3 Å². The summed E-state index contributed by atoms with van der Waals surface area (Å²) >= 11 is 0. The number of nitrogens with zero attached hydrogens (tertiary/aromatic N) is 1. The van der Waals surface area contributed by atoms with E-state index in [0.717, 1.165) is 24.0 Å². The van der Waals surface area contributed by atoms with Crippen LogP contribution in [-0.2, 0) is 11.3 Å². The number of carbonyl (C=O) groups excluding carboxylic acids is 2. The predicted molar refractivity (Wildman–Crippen MR) is 111 cm³/mol. The molecule has 1 aliphatic carbocycles. The number of rotatable bonds is 7. The van der Waals surface area contributed by atoms with Crippen molar-refractivity contribution in [1.82, 2.24) is 10.2 Å². The quantitative estimate of drug-likeness (QED) is 0.597. The summed E-state index contributed by atoms with van der Waals surface area (Å²) in [5.41, 5.74) is 3.69. The summed E-state index contributed by atoms with van der Waals surface area (Å²) in [4.78, 5) is 26.2. The number of amides is 2. The van der Waals surface area contributed by atoms with Gasteiger partial charge in [0, 0.05) is 24.2 Å². The van der Waals surface area contributed by atoms with Gasteiger partial charge in [0.1, 0.15) is 0 Å². The van der Waals surface area contributed by atoms with Crippen molar-refractivity contribution in [2.45, 2.75) is 32.4 Å². The van der Waals surface area contributed by atoms with E-state index in [1.807, 2.05) is 43.3 Å². The monoisotopic (exact) mass is 372 g/mol. The molecule has 4 heteroatoms. The summed E-state index contributed by atoms with van der Waals surface area (Å²) in [5.74, 6) is 2.35. The second-order valence-corrected chi connectivity index (χ2v) is 7.09. The van der Waals surface area contributed by atoms with E-state index >= 15 is 0 Å². The number of aryl methyl sites for hydroxylation is 1. The van der Waals surface area contributed by atoms with Crippen molar-refractivity contribution >= 4 is 17.9 Å². The fourth-order valence-electron chi connectivity index (χ4n) is 2.75. The van der Waals surface area contributed by atoms with Gasteiger partial charge in [-0.05, 0) is 49.1 Å². The molecule has 0 heterocycles. The van der Waals surface area contributed by atoms with Crippen LogP contribution in [0.1, 0.15) is 39.9 Å². The highest BCUT2D eigenvalue weighted by Crippen LogP contribution is 2.19. The van der Waals surface area contributed by atoms with Crippen LogP contribution in [0.2, 0.25) is 0 Å². The highest BCUT2D eigenvalue weighted by Gasteiger charge is 2.23. The van der Waals surface area contributed by atoms with E-state index in [1.54, 1.807) is 23.1 Å². The van der Waals surface area contributed by atoms with Gasteiger partial charge in [0.25, 0.3) is 5.91 Å². The summed E-state index contributed by atoms with van der Waals surface area (Å²) in [6.45, 7) is 2.74. The third-order valence-electron chi connectivity index (χ3n) is 4.59. The molecule has 1 aliphatic rings. The average molecular weight is 372 g/mol. The molecule has 0 spiro atoms. The highest BCUT2D eigenvalue weighted by molar-refractivity contribution is 5.95. The lowest BCUT2D eigenvalue weighted by molar-refractivity contribution is -0.125. The zero-order chi connectivity index (χ0) is 19.9. The van der Waals surface area contributed by atoms with Crippen molar-refractivity contribution in [3.8, 4) is 12.3 Å². The fourth-order valence-corrected chi connectivity index (χ4v) is 2.75. The van der Waals surface area contributed by atoms with Crippen molar-refractivity contribution in [1.29, 1.82) is 0 Å². The first-order valence-corrected chi connectivity index (χ1v) is 9.42. The highest BCUT2D eigenvalue weighted by atomic mass is 16.2. The molecular weight excluding hydrogens is 348 g/mol. The Bertz CT molecular complexity index is 901. The molecule has 4 nitrogen and oxygen atoms in total. The predicted octanol–water partition coefficient (Wildman–Crippen LogP) is 3.56. The van der Waals surface area contributed by atoms with E-state index < -0.39 is 0 Å². The number of nitrogens with one attached hydrogen (secondary N) is 1. The summed E-state index contributed by atoms with van der Waals surface area (Å²) < 4.78 is 0. The molecule has 0 radical (unpaired) electrons. The van der Waals surface area contributed by atoms with Gasteiger partial charge >= 0.3 is 0 Å². The fraction of sp³-hybridized carbons (Fsp3) is 0.250. The molecule has 0 unspecified atom stereocenters. The molecule has 1 N–H and O–H groups in total. The Morgan fingerprint density at radius 1 is 1.14 bits per heavy atom. The van der Waals surface area contributed by atoms with Crippen LogP contribution in [0.3, 0.4) is 0 Å². The number of carbonyl (C=O) groups is 2. The molecule has 0 atom stereocenters. The van der Waals surface area contributed by atoms with Crippen LogP contribution >= 0.6 is 0 Å². The Labute approximate surface area is 166 Å². The minimum absolute atomic E-state index is 0.0487. The van der Waals surface area contributed by atoms with Crippen molar-refractivity contribution in [3.63, 3.8) is 0 Å². The van der Waals surface area contributed by atoms with Crippen LogP contribution in [0.5, 0.6) is 0 Å². The minimum atomic E-state index is -0.144. The van der Waals surface area contributed by atoms with E-state index in [4.69, 9.17) is 6.42 Å². The number of terminal acetylenes is 1. The summed E-state index contributed by atoms with van der Waals surface area (Å²) in [5, 5.41) is 2.96. The van der Waals surface area contributed by atoms with Crippen molar-refractivity contribution in [2.75, 3.05) is 6.54 Å². The third kappa shape index (κ3) is 5.59. The normalized spacial score (nSPS) is 13.1. The molecule has 1 fully saturated rings. The largest absolute Gasteiger partial charge is 0.349 e. The maximum atomic E-state index is 12.6. The van der Waals surface area contributed by atoms with Crippen LogP contribution < -0.4 is 5.32 Å². The summed E-state index contributed by atoms with van der Waals surface area (Å²) in [6, 6.07) is 15.6. The van der Waals surface area contributed by atoms with Crippen molar-refractivity contribution in [2.24, 2.45) is 0 Å². The lowest BCUT2D eigenvalue weighted by atomic mass is 10.1. The van der Waals surface area contributed by atoms with Crippen LogP contribution in [0.15, 0.2) is 54.6 Å². The Morgan fingerprint density at radius 2 is 1.82 bits per heavy atom. The average Bonchev–Trinajstić information content (AvgIpc) is 3.52. The Kier molecular flexibility index (Phi) is 6.29. The molecule has 142 valence electrons. The molecule has 0 aromatic heterocycles. The zero-order valence-electron chi connectivity index (χ0n) is 16.0. The van der Waals surface area contributed by atoms with E-state index in [-0.39, 0.29) is 18.4 Å². The van der Waals surface area contributed by atoms with Gasteiger partial charge in [0.05, 0.1) is 6.54 Å². The molecular formula is C24H24N2O2. The van der Waals surface area contributed by atoms with Gasteiger partial charge in [-0.25, -0.2) is 0 Å². The first-order chi connectivity index (χ1) is 13.5. The second kappa shape index (κ2) is 9.05. The Morgan fingerprint density at radius 3 is 2.43 bits per heavy atom. The van der Waals surface area contributed by atoms with E-state index in [0.29, 0.717) is 18.2 Å². The van der Waals surface area contributed by atoms with Crippen molar-refractivity contribution < 1.29 is 9.59 Å². The van der Waals surface area contributed by atoms with Gasteiger partial charge in [-0.3, -0.25) is 9.59 Å². The summed E-state index contributed by atoms with van der Waals surface area (Å²) in [7, 11) is 0. The molecule has 2 aromatic rings. The maximum Gasteiger partial charge on any atom is 0.251 e. The van der Waals surface area contributed by atoms with Gasteiger partial charge in [-0.2, -0.15) is 0 Å². The van der Waals surface area contributed by atoms with Crippen LogP contribution in [0.4, 0.5) is 0 Å². The first-order valence-electron chi connectivity index (χ1n) is 9.42. The van der Waals surface area contributed by atoms with E-state index in [9.17, 15) is 9.59 Å². The van der Waals surface area contributed by atoms with E-state index in [2.05, 4.69) is 11.2 Å². The van der Waals surface area contributed by atoms with Gasteiger partial charge in [0.15, 0.2) is 0 Å². The molecule has 3 rings (SSSR count). The molecule has 2 aromatic carbocycles. The lowest BCUT2D eigenvalue weighted by Gasteiger charge is -2.18. The number of benzene rings is 2. The molecule has 1 saturated carbocycles. The van der Waals surface area contributed by atoms with Crippen LogP contribution in [-0.4, -0.2) is 29.3 Å². The first kappa shape index (κ1) is 19.4. The molecule has 2 amide bonds. The Hall–Kier alpha value is -3.32. The molecule has 0 aliphatic heterocycles. The standard InChI is InChI=1S/C24H24N2O2/c1-3-16-26(17-20-6-4-18(2)5-7-20)23(27)15-10-19-8-11-21(12-9-19)24(28)25-22-13-14-22/h1,4-12,15,22H,13-14,16-17H2,2H3,(H,25,28)/b15-10+.